The van der Waals surface area contributed by atoms with Crippen LogP contribution in [0.15, 0.2) is 84.9 Å². The van der Waals surface area contributed by atoms with E-state index in [0.717, 1.165) is 76.3 Å². The summed E-state index contributed by atoms with van der Waals surface area (Å²) < 4.78 is 6.01. The van der Waals surface area contributed by atoms with Gasteiger partial charge in [-0.1, -0.05) is 60.7 Å². The van der Waals surface area contributed by atoms with E-state index in [4.69, 9.17) is 24.5 Å². The maximum atomic E-state index is 13.4. The van der Waals surface area contributed by atoms with E-state index < -0.39 is 11.9 Å². The predicted molar refractivity (Wildman–Crippen MR) is 156 cm³/mol. The van der Waals surface area contributed by atoms with E-state index in [1.165, 1.54) is 11.1 Å². The first-order valence-electron chi connectivity index (χ1n) is 14.2. The molecular formula is C33H38N2O6. The van der Waals surface area contributed by atoms with Crippen LogP contribution in [0.2, 0.25) is 0 Å². The Kier molecular flexibility index (Phi) is 10.9. The topological polar surface area (TPSA) is 107 Å². The average Bonchev–Trinajstić information content (AvgIpc) is 2.99. The van der Waals surface area contributed by atoms with Crippen LogP contribution in [0.3, 0.4) is 0 Å². The second kappa shape index (κ2) is 15.0. The van der Waals surface area contributed by atoms with Crippen LogP contribution in [-0.4, -0.2) is 64.0 Å². The summed E-state index contributed by atoms with van der Waals surface area (Å²) in [5.74, 6) is -0.760. The van der Waals surface area contributed by atoms with Crippen LogP contribution in [0.1, 0.15) is 36.8 Å². The molecule has 41 heavy (non-hydrogen) atoms. The van der Waals surface area contributed by atoms with Crippen LogP contribution >= 0.6 is 0 Å². The molecule has 5 rings (SSSR count). The Balaban J connectivity index is 0.000000585. The lowest BCUT2D eigenvalue weighted by molar-refractivity contribution is -0.159. The molecule has 2 heterocycles. The normalized spacial score (nSPS) is 17.7. The third-order valence-corrected chi connectivity index (χ3v) is 7.61. The van der Waals surface area contributed by atoms with Crippen molar-refractivity contribution in [3.63, 3.8) is 0 Å². The van der Waals surface area contributed by atoms with Crippen molar-refractivity contribution in [2.75, 3.05) is 26.2 Å². The lowest BCUT2D eigenvalue weighted by atomic mass is 9.89. The van der Waals surface area contributed by atoms with Crippen molar-refractivity contribution in [2.24, 2.45) is 11.8 Å². The maximum Gasteiger partial charge on any atom is 0.414 e. The molecule has 1 atom stereocenters. The second-order valence-corrected chi connectivity index (χ2v) is 10.7. The lowest BCUT2D eigenvalue weighted by Crippen LogP contribution is -2.47. The number of aliphatic carboxylic acids is 2. The number of carbonyl (C=O) groups excluding carboxylic acids is 1. The Morgan fingerprint density at radius 3 is 2.00 bits per heavy atom. The first-order chi connectivity index (χ1) is 19.9. The smallest absolute Gasteiger partial charge is 0.414 e. The van der Waals surface area contributed by atoms with Gasteiger partial charge in [-0.3, -0.25) is 9.69 Å². The van der Waals surface area contributed by atoms with Gasteiger partial charge in [0.05, 0.1) is 5.92 Å². The SMILES string of the molecule is O=C(C1CCCN(Cc2cccc(Oc3ccccc3)c2)C1)N1CCC(Cc2ccccc2)CC1.O=C(O)C(=O)O. The van der Waals surface area contributed by atoms with Gasteiger partial charge in [0.2, 0.25) is 5.91 Å². The number of hydrogen-bond donors (Lipinski definition) is 2. The third-order valence-electron chi connectivity index (χ3n) is 7.61. The van der Waals surface area contributed by atoms with E-state index in [9.17, 15) is 4.79 Å². The van der Waals surface area contributed by atoms with Crippen LogP contribution in [-0.2, 0) is 27.3 Å². The minimum absolute atomic E-state index is 0.123. The Labute approximate surface area is 241 Å². The summed E-state index contributed by atoms with van der Waals surface area (Å²) in [7, 11) is 0. The molecule has 0 aromatic heterocycles. The highest BCUT2D eigenvalue weighted by molar-refractivity contribution is 6.27. The molecule has 2 fully saturated rings. The van der Waals surface area contributed by atoms with Crippen molar-refractivity contribution >= 4 is 17.8 Å². The van der Waals surface area contributed by atoms with Crippen molar-refractivity contribution in [3.05, 3.63) is 96.1 Å². The van der Waals surface area contributed by atoms with Crippen molar-refractivity contribution in [1.29, 1.82) is 0 Å². The highest BCUT2D eigenvalue weighted by Gasteiger charge is 2.31. The van der Waals surface area contributed by atoms with Gasteiger partial charge in [0.1, 0.15) is 11.5 Å². The van der Waals surface area contributed by atoms with Gasteiger partial charge in [0, 0.05) is 26.2 Å². The van der Waals surface area contributed by atoms with Gasteiger partial charge in [0.25, 0.3) is 0 Å². The number of nitrogens with zero attached hydrogens (tertiary/aromatic N) is 2. The number of piperidine rings is 2. The molecule has 216 valence electrons. The summed E-state index contributed by atoms with van der Waals surface area (Å²) in [5.41, 5.74) is 2.65. The van der Waals surface area contributed by atoms with Crippen LogP contribution < -0.4 is 4.74 Å². The van der Waals surface area contributed by atoms with Gasteiger partial charge in [-0.05, 0) is 80.0 Å². The van der Waals surface area contributed by atoms with E-state index in [-0.39, 0.29) is 5.92 Å². The Morgan fingerprint density at radius 2 is 1.34 bits per heavy atom. The van der Waals surface area contributed by atoms with Crippen LogP contribution in [0.4, 0.5) is 0 Å². The predicted octanol–water partition coefficient (Wildman–Crippen LogP) is 5.33. The molecule has 8 nitrogen and oxygen atoms in total. The van der Waals surface area contributed by atoms with E-state index >= 15 is 0 Å². The Hall–Kier alpha value is -4.17. The molecular weight excluding hydrogens is 520 g/mol. The standard InChI is InChI=1S/C31H36N2O2.C2H2O4/c34-31(33-19-16-26(17-20-33)21-25-9-3-1-4-10-25)28-12-8-18-32(24-28)23-27-11-7-15-30(22-27)35-29-13-5-2-6-14-29;3-1(4)2(5)6/h1-7,9-11,13-15,22,26,28H,8,12,16-21,23-24H2;(H,3,4)(H,5,6). The Bertz CT molecular complexity index is 1260. The highest BCUT2D eigenvalue weighted by atomic mass is 16.5. The molecule has 3 aromatic carbocycles. The molecule has 1 unspecified atom stereocenters. The fraction of sp³-hybridized carbons (Fsp3) is 0.364. The second-order valence-electron chi connectivity index (χ2n) is 10.7. The summed E-state index contributed by atoms with van der Waals surface area (Å²) in [6.45, 7) is 4.57. The molecule has 2 saturated heterocycles. The van der Waals surface area contributed by atoms with E-state index in [2.05, 4.69) is 58.3 Å². The van der Waals surface area contributed by atoms with Gasteiger partial charge in [-0.25, -0.2) is 9.59 Å². The van der Waals surface area contributed by atoms with Gasteiger partial charge in [-0.2, -0.15) is 0 Å². The van der Waals surface area contributed by atoms with Crippen molar-refractivity contribution in [2.45, 2.75) is 38.6 Å². The molecule has 0 radical (unpaired) electrons. The summed E-state index contributed by atoms with van der Waals surface area (Å²) in [4.78, 5) is 36.1. The zero-order chi connectivity index (χ0) is 29.0. The summed E-state index contributed by atoms with van der Waals surface area (Å²) in [6, 6.07) is 29.0. The number of rotatable bonds is 7. The molecule has 1 amide bonds. The number of carboxylic acid groups (broad SMARTS) is 2. The minimum Gasteiger partial charge on any atom is -0.473 e. The quantitative estimate of drug-likeness (QED) is 0.378. The zero-order valence-electron chi connectivity index (χ0n) is 23.2. The fourth-order valence-electron chi connectivity index (χ4n) is 5.55. The zero-order valence-corrected chi connectivity index (χ0v) is 23.2. The number of ether oxygens (including phenoxy) is 1. The lowest BCUT2D eigenvalue weighted by Gasteiger charge is -2.38. The summed E-state index contributed by atoms with van der Waals surface area (Å²) >= 11 is 0. The van der Waals surface area contributed by atoms with Gasteiger partial charge >= 0.3 is 11.9 Å². The van der Waals surface area contributed by atoms with E-state index in [1.54, 1.807) is 0 Å². The average molecular weight is 559 g/mol. The van der Waals surface area contributed by atoms with Gasteiger partial charge in [-0.15, -0.1) is 0 Å². The largest absolute Gasteiger partial charge is 0.473 e. The molecule has 0 spiro atoms. The molecule has 2 N–H and O–H groups in total. The first kappa shape index (κ1) is 29.8. The molecule has 0 bridgehead atoms. The molecule has 3 aromatic rings. The monoisotopic (exact) mass is 558 g/mol. The number of likely N-dealkylation sites (tertiary alicyclic amines) is 2. The molecule has 0 aliphatic carbocycles. The number of para-hydroxylation sites is 1. The number of amides is 1. The number of hydrogen-bond acceptors (Lipinski definition) is 5. The van der Waals surface area contributed by atoms with E-state index in [0.29, 0.717) is 11.8 Å². The molecule has 2 aliphatic heterocycles. The molecule has 8 heteroatoms. The third kappa shape index (κ3) is 9.46. The number of benzene rings is 3. The Morgan fingerprint density at radius 1 is 0.732 bits per heavy atom. The van der Waals surface area contributed by atoms with Gasteiger partial charge in [0.15, 0.2) is 0 Å². The summed E-state index contributed by atoms with van der Waals surface area (Å²) in [5, 5.41) is 14.8. The first-order valence-corrected chi connectivity index (χ1v) is 14.2. The van der Waals surface area contributed by atoms with Crippen molar-refractivity contribution in [3.8, 4) is 11.5 Å². The maximum absolute atomic E-state index is 13.4. The number of carboxylic acids is 2. The van der Waals surface area contributed by atoms with Crippen molar-refractivity contribution in [1.82, 2.24) is 9.80 Å². The van der Waals surface area contributed by atoms with Gasteiger partial charge < -0.3 is 19.8 Å². The van der Waals surface area contributed by atoms with Crippen LogP contribution in [0.25, 0.3) is 0 Å². The van der Waals surface area contributed by atoms with Crippen LogP contribution in [0.5, 0.6) is 11.5 Å². The highest BCUT2D eigenvalue weighted by Crippen LogP contribution is 2.27. The number of carbonyl (C=O) groups is 3. The molecule has 0 saturated carbocycles. The van der Waals surface area contributed by atoms with E-state index in [1.807, 2.05) is 36.4 Å². The minimum atomic E-state index is -1.82. The fourth-order valence-corrected chi connectivity index (χ4v) is 5.55. The van der Waals surface area contributed by atoms with Crippen molar-refractivity contribution < 1.29 is 29.3 Å². The summed E-state index contributed by atoms with van der Waals surface area (Å²) in [6.07, 6.45) is 5.46. The molecule has 2 aliphatic rings. The van der Waals surface area contributed by atoms with Crippen LogP contribution in [0, 0.1) is 11.8 Å².